The molecule has 1 N–H and O–H groups in total. The van der Waals surface area contributed by atoms with Crippen molar-refractivity contribution in [2.24, 2.45) is 0 Å². The summed E-state index contributed by atoms with van der Waals surface area (Å²) < 4.78 is 11.1. The van der Waals surface area contributed by atoms with Crippen LogP contribution in [0.1, 0.15) is 48.3 Å². The molecule has 7 heteroatoms. The van der Waals surface area contributed by atoms with Crippen LogP contribution in [0.15, 0.2) is 96.1 Å². The van der Waals surface area contributed by atoms with E-state index in [-0.39, 0.29) is 11.8 Å². The fourth-order valence-corrected chi connectivity index (χ4v) is 3.72. The molecule has 1 atom stereocenters. The van der Waals surface area contributed by atoms with Crippen molar-refractivity contribution < 1.29 is 18.7 Å². The first-order valence-corrected chi connectivity index (χ1v) is 11.6. The van der Waals surface area contributed by atoms with E-state index in [1.54, 1.807) is 54.9 Å². The quantitative estimate of drug-likeness (QED) is 0.344. The van der Waals surface area contributed by atoms with E-state index in [9.17, 15) is 9.59 Å². The minimum absolute atomic E-state index is 0.326. The highest BCUT2D eigenvalue weighted by Crippen LogP contribution is 2.32. The maximum atomic E-state index is 13.7. The molecule has 7 nitrogen and oxygen atoms in total. The SMILES string of the molecule is Cc1ccc(Oc2ccc(N(C(=O)c3ccoc3)C(C(=O)NC(C)(C)C)c3cccnc3)cc2)cc1. The van der Waals surface area contributed by atoms with Crippen LogP contribution in [0.5, 0.6) is 11.5 Å². The molecule has 0 aliphatic rings. The lowest BCUT2D eigenvalue weighted by Crippen LogP contribution is -2.49. The number of nitrogens with one attached hydrogen (secondary N) is 1. The Balaban J connectivity index is 1.74. The molecule has 0 saturated carbocycles. The van der Waals surface area contributed by atoms with Gasteiger partial charge in [0.15, 0.2) is 0 Å². The van der Waals surface area contributed by atoms with Crippen molar-refractivity contribution in [2.45, 2.75) is 39.3 Å². The Bertz CT molecular complexity index is 1290. The summed E-state index contributed by atoms with van der Waals surface area (Å²) >= 11 is 0. The largest absolute Gasteiger partial charge is 0.472 e. The third-order valence-electron chi connectivity index (χ3n) is 5.36. The van der Waals surface area contributed by atoms with Gasteiger partial charge >= 0.3 is 0 Å². The molecule has 2 aromatic carbocycles. The predicted molar refractivity (Wildman–Crippen MR) is 138 cm³/mol. The minimum Gasteiger partial charge on any atom is -0.472 e. The summed E-state index contributed by atoms with van der Waals surface area (Å²) in [4.78, 5) is 33.0. The van der Waals surface area contributed by atoms with Gasteiger partial charge in [-0.15, -0.1) is 0 Å². The van der Waals surface area contributed by atoms with Crippen molar-refractivity contribution in [3.8, 4) is 11.5 Å². The predicted octanol–water partition coefficient (Wildman–Crippen LogP) is 6.08. The lowest BCUT2D eigenvalue weighted by Gasteiger charge is -2.33. The third kappa shape index (κ3) is 5.99. The van der Waals surface area contributed by atoms with Gasteiger partial charge in [0.05, 0.1) is 11.8 Å². The van der Waals surface area contributed by atoms with Crippen LogP contribution in [0.4, 0.5) is 5.69 Å². The van der Waals surface area contributed by atoms with Gasteiger partial charge in [-0.3, -0.25) is 19.5 Å². The molecule has 4 aromatic rings. The van der Waals surface area contributed by atoms with Crippen molar-refractivity contribution in [3.63, 3.8) is 0 Å². The molecule has 0 fully saturated rings. The van der Waals surface area contributed by atoms with Crippen LogP contribution in [-0.4, -0.2) is 22.3 Å². The number of carbonyl (C=O) groups excluding carboxylic acids is 2. The zero-order valence-electron chi connectivity index (χ0n) is 20.8. The molecular weight excluding hydrogens is 454 g/mol. The summed E-state index contributed by atoms with van der Waals surface area (Å²) in [6.45, 7) is 7.69. The van der Waals surface area contributed by atoms with E-state index in [1.165, 1.54) is 17.4 Å². The van der Waals surface area contributed by atoms with Gasteiger partial charge in [-0.2, -0.15) is 0 Å². The maximum absolute atomic E-state index is 13.7. The summed E-state index contributed by atoms with van der Waals surface area (Å²) in [5.74, 6) is 0.606. The highest BCUT2D eigenvalue weighted by atomic mass is 16.5. The number of hydrogen-bond donors (Lipinski definition) is 1. The number of furan rings is 1. The normalized spacial score (nSPS) is 12.0. The zero-order valence-corrected chi connectivity index (χ0v) is 20.8. The van der Waals surface area contributed by atoms with Crippen LogP contribution in [-0.2, 0) is 4.79 Å². The summed E-state index contributed by atoms with van der Waals surface area (Å²) in [7, 11) is 0. The molecule has 184 valence electrons. The summed E-state index contributed by atoms with van der Waals surface area (Å²) in [6.07, 6.45) is 6.02. The number of aromatic nitrogens is 1. The number of anilines is 1. The molecule has 0 saturated heterocycles. The molecule has 0 radical (unpaired) electrons. The van der Waals surface area contributed by atoms with E-state index in [0.29, 0.717) is 28.3 Å². The Morgan fingerprint density at radius 1 is 0.972 bits per heavy atom. The molecular formula is C29H29N3O4. The van der Waals surface area contributed by atoms with Crippen LogP contribution < -0.4 is 15.0 Å². The highest BCUT2D eigenvalue weighted by molar-refractivity contribution is 6.10. The maximum Gasteiger partial charge on any atom is 0.262 e. The van der Waals surface area contributed by atoms with Gasteiger partial charge in [0.2, 0.25) is 5.91 Å². The van der Waals surface area contributed by atoms with Gasteiger partial charge < -0.3 is 14.5 Å². The van der Waals surface area contributed by atoms with Crippen LogP contribution in [0.25, 0.3) is 0 Å². The number of nitrogens with zero attached hydrogens (tertiary/aromatic N) is 2. The van der Waals surface area contributed by atoms with Crippen molar-refractivity contribution in [1.29, 1.82) is 0 Å². The van der Waals surface area contributed by atoms with Crippen molar-refractivity contribution in [1.82, 2.24) is 10.3 Å². The van der Waals surface area contributed by atoms with Gasteiger partial charge in [0, 0.05) is 29.2 Å². The Morgan fingerprint density at radius 3 is 2.19 bits per heavy atom. The summed E-state index contributed by atoms with van der Waals surface area (Å²) in [5.41, 5.74) is 2.06. The zero-order chi connectivity index (χ0) is 25.7. The van der Waals surface area contributed by atoms with Gasteiger partial charge in [-0.1, -0.05) is 23.8 Å². The summed E-state index contributed by atoms with van der Waals surface area (Å²) in [6, 6.07) is 18.9. The first-order valence-electron chi connectivity index (χ1n) is 11.6. The van der Waals surface area contributed by atoms with Gasteiger partial charge in [-0.25, -0.2) is 0 Å². The summed E-state index contributed by atoms with van der Waals surface area (Å²) in [5, 5.41) is 3.01. The van der Waals surface area contributed by atoms with E-state index >= 15 is 0 Å². The molecule has 2 amide bonds. The Labute approximate surface area is 210 Å². The van der Waals surface area contributed by atoms with Crippen molar-refractivity contribution in [2.75, 3.05) is 4.90 Å². The second-order valence-electron chi connectivity index (χ2n) is 9.52. The van der Waals surface area contributed by atoms with Gasteiger partial charge in [0.1, 0.15) is 23.8 Å². The van der Waals surface area contributed by atoms with E-state index in [4.69, 9.17) is 9.15 Å². The van der Waals surface area contributed by atoms with Crippen LogP contribution in [0.3, 0.4) is 0 Å². The molecule has 36 heavy (non-hydrogen) atoms. The third-order valence-corrected chi connectivity index (χ3v) is 5.36. The lowest BCUT2D eigenvalue weighted by atomic mass is 10.0. The minimum atomic E-state index is -0.968. The monoisotopic (exact) mass is 483 g/mol. The number of ether oxygens (including phenoxy) is 1. The van der Waals surface area contributed by atoms with Crippen molar-refractivity contribution in [3.05, 3.63) is 108 Å². The second-order valence-corrected chi connectivity index (χ2v) is 9.52. The number of carbonyl (C=O) groups is 2. The van der Waals surface area contributed by atoms with Crippen molar-refractivity contribution >= 4 is 17.5 Å². The van der Waals surface area contributed by atoms with Crippen LogP contribution in [0, 0.1) is 6.92 Å². The van der Waals surface area contributed by atoms with E-state index in [0.717, 1.165) is 5.56 Å². The molecule has 2 heterocycles. The Morgan fingerprint density at radius 2 is 1.64 bits per heavy atom. The van der Waals surface area contributed by atoms with Crippen LogP contribution in [0.2, 0.25) is 0 Å². The molecule has 2 aromatic heterocycles. The smallest absolute Gasteiger partial charge is 0.262 e. The standard InChI is InChI=1S/C29H29N3O4/c1-20-7-11-24(12-8-20)36-25-13-9-23(10-14-25)32(28(34)22-15-17-35-19-22)26(21-6-5-16-30-18-21)27(33)31-29(2,3)4/h5-19,26H,1-4H3,(H,31,33). The number of rotatable bonds is 7. The second kappa shape index (κ2) is 10.5. The molecule has 0 aliphatic carbocycles. The molecule has 0 aliphatic heterocycles. The molecule has 0 spiro atoms. The first-order chi connectivity index (χ1) is 17.2. The highest BCUT2D eigenvalue weighted by Gasteiger charge is 2.35. The fraction of sp³-hybridized carbons (Fsp3) is 0.207. The fourth-order valence-electron chi connectivity index (χ4n) is 3.72. The number of benzene rings is 2. The van der Waals surface area contributed by atoms with E-state index in [1.807, 2.05) is 52.0 Å². The number of aryl methyl sites for hydroxylation is 1. The number of pyridine rings is 1. The first kappa shape index (κ1) is 24.7. The Kier molecular flexibility index (Phi) is 7.20. The number of amides is 2. The Hall–Kier alpha value is -4.39. The molecule has 0 bridgehead atoms. The van der Waals surface area contributed by atoms with E-state index < -0.39 is 11.6 Å². The van der Waals surface area contributed by atoms with Gasteiger partial charge in [-0.05, 0) is 76.2 Å². The average Bonchev–Trinajstić information content (AvgIpc) is 3.39. The van der Waals surface area contributed by atoms with Crippen LogP contribution >= 0.6 is 0 Å². The lowest BCUT2D eigenvalue weighted by molar-refractivity contribution is -0.123. The topological polar surface area (TPSA) is 84.7 Å². The molecule has 4 rings (SSSR count). The molecule has 1 unspecified atom stereocenters. The van der Waals surface area contributed by atoms with Gasteiger partial charge in [0.25, 0.3) is 5.91 Å². The number of hydrogen-bond acceptors (Lipinski definition) is 5. The van der Waals surface area contributed by atoms with E-state index in [2.05, 4.69) is 10.3 Å². The average molecular weight is 484 g/mol.